The van der Waals surface area contributed by atoms with Gasteiger partial charge in [0, 0.05) is 44.0 Å². The number of aromatic nitrogens is 1. The number of aryl methyl sites for hydroxylation is 2. The van der Waals surface area contributed by atoms with E-state index in [1.165, 1.54) is 4.88 Å². The summed E-state index contributed by atoms with van der Waals surface area (Å²) in [6.45, 7) is 15.8. The molecule has 1 saturated heterocycles. The highest BCUT2D eigenvalue weighted by Gasteiger charge is 2.26. The van der Waals surface area contributed by atoms with Crippen molar-refractivity contribution in [1.29, 1.82) is 0 Å². The van der Waals surface area contributed by atoms with Crippen LogP contribution in [-0.4, -0.2) is 60.3 Å². The van der Waals surface area contributed by atoms with Crippen LogP contribution >= 0.6 is 35.3 Å². The Morgan fingerprint density at radius 1 is 1.27 bits per heavy atom. The molecule has 0 spiro atoms. The van der Waals surface area contributed by atoms with Crippen LogP contribution < -0.4 is 10.6 Å². The van der Waals surface area contributed by atoms with Crippen molar-refractivity contribution in [3.8, 4) is 0 Å². The van der Waals surface area contributed by atoms with E-state index < -0.39 is 5.60 Å². The molecule has 1 aliphatic heterocycles. The third-order valence-electron chi connectivity index (χ3n) is 4.82. The number of carbonyl (C=O) groups excluding carboxylic acids is 1. The highest BCUT2D eigenvalue weighted by Crippen LogP contribution is 2.20. The Hall–Kier alpha value is -1.10. The third-order valence-corrected chi connectivity index (χ3v) is 5.95. The number of nitrogens with zero attached hydrogens (tertiary/aromatic N) is 3. The Balaban J connectivity index is 0.00000450. The average molecular weight is 552 g/mol. The average Bonchev–Trinajstić information content (AvgIpc) is 2.96. The molecule has 2 rings (SSSR count). The maximum atomic E-state index is 12.2. The molecule has 1 aromatic heterocycles. The van der Waals surface area contributed by atoms with E-state index >= 15 is 0 Å². The minimum absolute atomic E-state index is 0. The van der Waals surface area contributed by atoms with Crippen molar-refractivity contribution < 1.29 is 9.53 Å². The monoisotopic (exact) mass is 551 g/mol. The number of thiazole rings is 1. The second-order valence-corrected chi connectivity index (χ2v) is 9.84. The first-order valence-corrected chi connectivity index (χ1v) is 11.4. The molecule has 1 aromatic rings. The van der Waals surface area contributed by atoms with Crippen LogP contribution in [0.2, 0.25) is 0 Å². The van der Waals surface area contributed by atoms with Crippen LogP contribution in [0.5, 0.6) is 0 Å². The molecule has 1 aliphatic rings. The lowest BCUT2D eigenvalue weighted by Gasteiger charge is -2.33. The topological polar surface area (TPSA) is 78.9 Å². The largest absolute Gasteiger partial charge is 0.444 e. The molecule has 9 heteroatoms. The third kappa shape index (κ3) is 9.36. The number of nitrogens with one attached hydrogen (secondary N) is 2. The zero-order valence-corrected chi connectivity index (χ0v) is 22.4. The molecule has 0 aromatic carbocycles. The first-order chi connectivity index (χ1) is 13.7. The van der Waals surface area contributed by atoms with Gasteiger partial charge in [0.15, 0.2) is 5.96 Å². The van der Waals surface area contributed by atoms with Crippen molar-refractivity contribution in [1.82, 2.24) is 20.5 Å². The summed E-state index contributed by atoms with van der Waals surface area (Å²) in [5.41, 5.74) is 0.684. The van der Waals surface area contributed by atoms with E-state index in [0.29, 0.717) is 5.92 Å². The van der Waals surface area contributed by atoms with Gasteiger partial charge in [-0.15, -0.1) is 35.3 Å². The summed E-state index contributed by atoms with van der Waals surface area (Å²) in [5.74, 6) is 1.35. The van der Waals surface area contributed by atoms with Gasteiger partial charge < -0.3 is 20.3 Å². The van der Waals surface area contributed by atoms with Gasteiger partial charge in [0.25, 0.3) is 0 Å². The predicted octanol–water partition coefficient (Wildman–Crippen LogP) is 4.12. The van der Waals surface area contributed by atoms with Gasteiger partial charge in [-0.1, -0.05) is 0 Å². The smallest absolute Gasteiger partial charge is 0.410 e. The molecule has 0 radical (unpaired) electrons. The minimum atomic E-state index is -0.444. The number of amides is 1. The van der Waals surface area contributed by atoms with Crippen LogP contribution in [0.15, 0.2) is 4.99 Å². The van der Waals surface area contributed by atoms with Crippen molar-refractivity contribution >= 4 is 47.4 Å². The van der Waals surface area contributed by atoms with E-state index in [0.717, 1.165) is 68.6 Å². The van der Waals surface area contributed by atoms with Gasteiger partial charge in [-0.3, -0.25) is 4.99 Å². The van der Waals surface area contributed by atoms with E-state index in [-0.39, 0.29) is 30.1 Å². The van der Waals surface area contributed by atoms with Crippen LogP contribution in [0.25, 0.3) is 0 Å². The van der Waals surface area contributed by atoms with Gasteiger partial charge in [-0.2, -0.15) is 0 Å². The minimum Gasteiger partial charge on any atom is -0.444 e. The molecule has 0 saturated carbocycles. The molecule has 30 heavy (non-hydrogen) atoms. The lowest BCUT2D eigenvalue weighted by atomic mass is 9.97. The highest BCUT2D eigenvalue weighted by atomic mass is 127. The molecule has 172 valence electrons. The summed E-state index contributed by atoms with van der Waals surface area (Å²) in [6, 6.07) is 0. The van der Waals surface area contributed by atoms with E-state index in [1.54, 1.807) is 11.3 Å². The molecule has 0 atom stereocenters. The number of hydrogen-bond donors (Lipinski definition) is 2. The summed E-state index contributed by atoms with van der Waals surface area (Å²) in [6.07, 6.45) is 2.61. The van der Waals surface area contributed by atoms with Gasteiger partial charge in [-0.25, -0.2) is 9.78 Å². The SMILES string of the molecule is CCNC(=NCC1CCN(C(=O)OC(C)(C)C)CC1)NCCc1nc(C)c(C)s1.I. The second-order valence-electron chi connectivity index (χ2n) is 8.56. The normalized spacial score (nSPS) is 15.5. The highest BCUT2D eigenvalue weighted by molar-refractivity contribution is 14.0. The number of hydrogen-bond acceptors (Lipinski definition) is 5. The van der Waals surface area contributed by atoms with E-state index in [4.69, 9.17) is 9.73 Å². The first-order valence-electron chi connectivity index (χ1n) is 10.6. The van der Waals surface area contributed by atoms with Gasteiger partial charge >= 0.3 is 6.09 Å². The number of piperidine rings is 1. The number of guanidine groups is 1. The first kappa shape index (κ1) is 26.9. The van der Waals surface area contributed by atoms with Crippen LogP contribution in [-0.2, 0) is 11.2 Å². The molecular formula is C21H38IN5O2S. The fourth-order valence-electron chi connectivity index (χ4n) is 3.12. The van der Waals surface area contributed by atoms with Crippen molar-refractivity contribution in [2.45, 2.75) is 66.4 Å². The number of ether oxygens (including phenoxy) is 1. The standard InChI is InChI=1S/C21H37N5O2S.HI/c1-7-22-19(23-11-8-18-25-15(2)16(3)29-18)24-14-17-9-12-26(13-10-17)20(27)28-21(4,5)6;/h17H,7-14H2,1-6H3,(H2,22,23,24);1H. The number of aliphatic imine (C=N–C) groups is 1. The van der Waals surface area contributed by atoms with E-state index in [1.807, 2.05) is 25.7 Å². The quantitative estimate of drug-likeness (QED) is 0.316. The van der Waals surface area contributed by atoms with Crippen molar-refractivity contribution in [3.05, 3.63) is 15.6 Å². The Morgan fingerprint density at radius 3 is 2.47 bits per heavy atom. The van der Waals surface area contributed by atoms with Crippen molar-refractivity contribution in [3.63, 3.8) is 0 Å². The molecule has 1 fully saturated rings. The summed E-state index contributed by atoms with van der Waals surface area (Å²) in [4.78, 5) is 24.6. The molecule has 1 amide bonds. The Labute approximate surface area is 202 Å². The summed E-state index contributed by atoms with van der Waals surface area (Å²) in [7, 11) is 0. The van der Waals surface area contributed by atoms with Crippen molar-refractivity contribution in [2.75, 3.05) is 32.7 Å². The molecule has 7 nitrogen and oxygen atoms in total. The summed E-state index contributed by atoms with van der Waals surface area (Å²) >= 11 is 1.77. The van der Waals surface area contributed by atoms with Crippen LogP contribution in [0, 0.1) is 19.8 Å². The zero-order valence-electron chi connectivity index (χ0n) is 19.2. The van der Waals surface area contributed by atoms with Crippen LogP contribution in [0.4, 0.5) is 4.79 Å². The molecule has 0 bridgehead atoms. The Morgan fingerprint density at radius 2 is 1.93 bits per heavy atom. The number of rotatable bonds is 6. The van der Waals surface area contributed by atoms with Crippen LogP contribution in [0.3, 0.4) is 0 Å². The Bertz CT molecular complexity index is 675. The predicted molar refractivity (Wildman–Crippen MR) is 135 cm³/mol. The molecule has 0 unspecified atom stereocenters. The number of likely N-dealkylation sites (tertiary alicyclic amines) is 1. The molecule has 2 heterocycles. The van der Waals surface area contributed by atoms with Gasteiger partial charge in [-0.05, 0) is 60.3 Å². The Kier molecular flexibility index (Phi) is 11.4. The van der Waals surface area contributed by atoms with Gasteiger partial charge in [0.2, 0.25) is 0 Å². The molecule has 0 aliphatic carbocycles. The van der Waals surface area contributed by atoms with E-state index in [2.05, 4.69) is 36.4 Å². The van der Waals surface area contributed by atoms with Crippen molar-refractivity contribution in [2.24, 2.45) is 10.9 Å². The maximum absolute atomic E-state index is 12.2. The molecular weight excluding hydrogens is 513 g/mol. The fraction of sp³-hybridized carbons (Fsp3) is 0.762. The molecule has 2 N–H and O–H groups in total. The lowest BCUT2D eigenvalue weighted by molar-refractivity contribution is 0.0187. The second kappa shape index (κ2) is 12.7. The number of halogens is 1. The van der Waals surface area contributed by atoms with Crippen LogP contribution in [0.1, 0.15) is 56.1 Å². The number of carbonyl (C=O) groups is 1. The van der Waals surface area contributed by atoms with E-state index in [9.17, 15) is 4.79 Å². The summed E-state index contributed by atoms with van der Waals surface area (Å²) < 4.78 is 5.47. The van der Waals surface area contributed by atoms with Gasteiger partial charge in [0.1, 0.15) is 5.60 Å². The van der Waals surface area contributed by atoms with Gasteiger partial charge in [0.05, 0.1) is 10.7 Å². The lowest BCUT2D eigenvalue weighted by Crippen LogP contribution is -2.42. The maximum Gasteiger partial charge on any atom is 0.410 e. The summed E-state index contributed by atoms with van der Waals surface area (Å²) in [5, 5.41) is 7.89. The zero-order chi connectivity index (χ0) is 21.4. The fourth-order valence-corrected chi connectivity index (χ4v) is 4.05.